The summed E-state index contributed by atoms with van der Waals surface area (Å²) in [6, 6.07) is 9.01. The molecule has 0 aliphatic carbocycles. The molecule has 0 atom stereocenters. The fraction of sp³-hybridized carbons (Fsp3) is 0.250. The van der Waals surface area contributed by atoms with Gasteiger partial charge in [0.1, 0.15) is 16.9 Å². The summed E-state index contributed by atoms with van der Waals surface area (Å²) in [5.41, 5.74) is -0.459. The van der Waals surface area contributed by atoms with E-state index in [1.54, 1.807) is 45.2 Å². The number of rotatable bonds is 5. The SMILES string of the molecule is CCOC(=O)c1c(N=CN(C)C)c(=O)oc2c1cc(OC)c1ccccc12. The molecule has 0 unspecified atom stereocenters. The molecule has 0 spiro atoms. The summed E-state index contributed by atoms with van der Waals surface area (Å²) >= 11 is 0. The predicted octanol–water partition coefficient (Wildman–Crippen LogP) is 3.35. The summed E-state index contributed by atoms with van der Waals surface area (Å²) in [5.74, 6) is -0.0846. The van der Waals surface area contributed by atoms with Gasteiger partial charge in [-0.15, -0.1) is 0 Å². The second-order valence-corrected chi connectivity index (χ2v) is 6.04. The Bertz CT molecular complexity index is 1100. The number of methoxy groups -OCH3 is 1. The number of benzene rings is 2. The third-order valence-electron chi connectivity index (χ3n) is 3.97. The van der Waals surface area contributed by atoms with Gasteiger partial charge in [-0.3, -0.25) is 0 Å². The Labute approximate surface area is 155 Å². The Hall–Kier alpha value is -3.35. The van der Waals surface area contributed by atoms with Crippen molar-refractivity contribution in [2.75, 3.05) is 27.8 Å². The number of fused-ring (bicyclic) bond motifs is 3. The lowest BCUT2D eigenvalue weighted by atomic mass is 10.0. The van der Waals surface area contributed by atoms with Gasteiger partial charge in [0.25, 0.3) is 0 Å². The van der Waals surface area contributed by atoms with Gasteiger partial charge in [-0.25, -0.2) is 14.6 Å². The van der Waals surface area contributed by atoms with Crippen molar-refractivity contribution in [3.63, 3.8) is 0 Å². The fourth-order valence-electron chi connectivity index (χ4n) is 2.85. The third kappa shape index (κ3) is 3.36. The number of aliphatic imine (C=N–C) groups is 1. The highest BCUT2D eigenvalue weighted by Crippen LogP contribution is 2.36. The standard InChI is InChI=1S/C20H20N2O5/c1-5-26-19(23)16-14-10-15(25-4)12-8-6-7-9-13(12)18(14)27-20(24)17(16)21-11-22(2)3/h6-11H,5H2,1-4H3. The maximum Gasteiger partial charge on any atom is 0.363 e. The van der Waals surface area contributed by atoms with Crippen molar-refractivity contribution >= 4 is 39.7 Å². The van der Waals surface area contributed by atoms with Crippen LogP contribution in [-0.2, 0) is 4.74 Å². The summed E-state index contributed by atoms with van der Waals surface area (Å²) in [7, 11) is 5.06. The molecule has 7 nitrogen and oxygen atoms in total. The van der Waals surface area contributed by atoms with Crippen molar-refractivity contribution in [1.29, 1.82) is 0 Å². The molecule has 0 aliphatic heterocycles. The number of esters is 1. The van der Waals surface area contributed by atoms with Crippen LogP contribution in [0.5, 0.6) is 5.75 Å². The van der Waals surface area contributed by atoms with Crippen molar-refractivity contribution in [1.82, 2.24) is 4.90 Å². The third-order valence-corrected chi connectivity index (χ3v) is 3.97. The van der Waals surface area contributed by atoms with Crippen LogP contribution in [0.2, 0.25) is 0 Å². The zero-order valence-corrected chi connectivity index (χ0v) is 15.6. The van der Waals surface area contributed by atoms with E-state index in [9.17, 15) is 9.59 Å². The monoisotopic (exact) mass is 368 g/mol. The quantitative estimate of drug-likeness (QED) is 0.226. The van der Waals surface area contributed by atoms with E-state index < -0.39 is 11.6 Å². The summed E-state index contributed by atoms with van der Waals surface area (Å²) in [4.78, 5) is 31.1. The number of carbonyl (C=O) groups is 1. The first-order chi connectivity index (χ1) is 13.0. The lowest BCUT2D eigenvalue weighted by molar-refractivity contribution is 0.0529. The van der Waals surface area contributed by atoms with E-state index in [1.807, 2.05) is 18.2 Å². The molecule has 2 aromatic carbocycles. The highest BCUT2D eigenvalue weighted by Gasteiger charge is 2.24. The van der Waals surface area contributed by atoms with Gasteiger partial charge in [-0.05, 0) is 13.0 Å². The predicted molar refractivity (Wildman–Crippen MR) is 104 cm³/mol. The van der Waals surface area contributed by atoms with Gasteiger partial charge >= 0.3 is 11.6 Å². The van der Waals surface area contributed by atoms with Crippen LogP contribution in [0.25, 0.3) is 21.7 Å². The van der Waals surface area contributed by atoms with E-state index in [2.05, 4.69) is 4.99 Å². The van der Waals surface area contributed by atoms with Gasteiger partial charge in [-0.1, -0.05) is 24.3 Å². The second kappa shape index (κ2) is 7.49. The average Bonchev–Trinajstić information content (AvgIpc) is 2.65. The maximum absolute atomic E-state index is 12.7. The van der Waals surface area contributed by atoms with Crippen LogP contribution in [0, 0.1) is 0 Å². The number of hydrogen-bond acceptors (Lipinski definition) is 6. The molecule has 3 rings (SSSR count). The van der Waals surface area contributed by atoms with Crippen molar-refractivity contribution in [2.45, 2.75) is 6.92 Å². The van der Waals surface area contributed by atoms with Crippen LogP contribution in [0.4, 0.5) is 5.69 Å². The zero-order chi connectivity index (χ0) is 19.6. The highest BCUT2D eigenvalue weighted by molar-refractivity contribution is 6.15. The van der Waals surface area contributed by atoms with Crippen molar-refractivity contribution in [3.8, 4) is 5.75 Å². The Kier molecular flexibility index (Phi) is 5.12. The lowest BCUT2D eigenvalue weighted by Crippen LogP contribution is -2.14. The first-order valence-electron chi connectivity index (χ1n) is 8.42. The molecular formula is C20H20N2O5. The molecular weight excluding hydrogens is 348 g/mol. The minimum atomic E-state index is -0.709. The van der Waals surface area contributed by atoms with Crippen LogP contribution < -0.4 is 10.4 Å². The minimum absolute atomic E-state index is 0.0604. The smallest absolute Gasteiger partial charge is 0.363 e. The van der Waals surface area contributed by atoms with E-state index in [0.717, 1.165) is 5.39 Å². The van der Waals surface area contributed by atoms with Crippen molar-refractivity contribution in [2.24, 2.45) is 4.99 Å². The van der Waals surface area contributed by atoms with Crippen LogP contribution in [0.15, 0.2) is 44.5 Å². The van der Waals surface area contributed by atoms with Crippen LogP contribution >= 0.6 is 0 Å². The van der Waals surface area contributed by atoms with Crippen LogP contribution in [-0.4, -0.2) is 45.0 Å². The molecule has 27 heavy (non-hydrogen) atoms. The van der Waals surface area contributed by atoms with Crippen molar-refractivity contribution in [3.05, 3.63) is 46.3 Å². The number of hydrogen-bond donors (Lipinski definition) is 0. The van der Waals surface area contributed by atoms with E-state index in [1.165, 1.54) is 6.34 Å². The van der Waals surface area contributed by atoms with Gasteiger partial charge in [0, 0.05) is 30.3 Å². The molecule has 0 aliphatic rings. The molecule has 3 aromatic rings. The average molecular weight is 368 g/mol. The maximum atomic E-state index is 12.7. The number of nitrogens with zero attached hydrogens (tertiary/aromatic N) is 2. The Morgan fingerprint density at radius 3 is 2.56 bits per heavy atom. The van der Waals surface area contributed by atoms with E-state index >= 15 is 0 Å². The zero-order valence-electron chi connectivity index (χ0n) is 15.6. The van der Waals surface area contributed by atoms with Crippen LogP contribution in [0.1, 0.15) is 17.3 Å². The molecule has 0 radical (unpaired) electrons. The topological polar surface area (TPSA) is 81.3 Å². The molecule has 0 fully saturated rings. The summed E-state index contributed by atoms with van der Waals surface area (Å²) < 4.78 is 16.2. The normalized spacial score (nSPS) is 11.3. The molecule has 0 saturated heterocycles. The van der Waals surface area contributed by atoms with E-state index in [4.69, 9.17) is 13.9 Å². The Morgan fingerprint density at radius 1 is 1.22 bits per heavy atom. The van der Waals surface area contributed by atoms with E-state index in [0.29, 0.717) is 22.1 Å². The highest BCUT2D eigenvalue weighted by atomic mass is 16.5. The number of ether oxygens (including phenoxy) is 2. The second-order valence-electron chi connectivity index (χ2n) is 6.04. The van der Waals surface area contributed by atoms with Crippen molar-refractivity contribution < 1.29 is 18.7 Å². The summed E-state index contributed by atoms with van der Waals surface area (Å²) in [5, 5.41) is 1.85. The largest absolute Gasteiger partial charge is 0.496 e. The first-order valence-corrected chi connectivity index (χ1v) is 8.42. The van der Waals surface area contributed by atoms with Gasteiger partial charge in [0.05, 0.1) is 20.1 Å². The molecule has 0 N–H and O–H groups in total. The molecule has 1 aromatic heterocycles. The first kappa shape index (κ1) is 18.4. The number of carbonyl (C=O) groups excluding carboxylic acids is 1. The van der Waals surface area contributed by atoms with Gasteiger partial charge < -0.3 is 18.8 Å². The molecule has 140 valence electrons. The van der Waals surface area contributed by atoms with Gasteiger partial charge in [-0.2, -0.15) is 0 Å². The minimum Gasteiger partial charge on any atom is -0.496 e. The molecule has 0 saturated carbocycles. The lowest BCUT2D eigenvalue weighted by Gasteiger charge is -2.13. The molecule has 0 amide bonds. The van der Waals surface area contributed by atoms with Crippen LogP contribution in [0.3, 0.4) is 0 Å². The molecule has 0 bridgehead atoms. The summed E-state index contributed by atoms with van der Waals surface area (Å²) in [6.07, 6.45) is 1.43. The molecule has 7 heteroatoms. The Balaban J connectivity index is 2.48. The van der Waals surface area contributed by atoms with E-state index in [-0.39, 0.29) is 17.9 Å². The van der Waals surface area contributed by atoms with Gasteiger partial charge in [0.15, 0.2) is 5.69 Å². The molecule has 1 heterocycles. The van der Waals surface area contributed by atoms with Gasteiger partial charge in [0.2, 0.25) is 0 Å². The summed E-state index contributed by atoms with van der Waals surface area (Å²) in [6.45, 7) is 1.87. The Morgan fingerprint density at radius 2 is 1.93 bits per heavy atom. The fourth-order valence-corrected chi connectivity index (χ4v) is 2.85.